The van der Waals surface area contributed by atoms with Crippen LogP contribution in [0.3, 0.4) is 0 Å². The number of rotatable bonds is 4. The smallest absolute Gasteiger partial charge is 0.137 e. The van der Waals surface area contributed by atoms with Crippen molar-refractivity contribution in [3.63, 3.8) is 0 Å². The van der Waals surface area contributed by atoms with Crippen molar-refractivity contribution in [3.05, 3.63) is 164 Å². The Balaban J connectivity index is 0.985. The van der Waals surface area contributed by atoms with E-state index in [2.05, 4.69) is 144 Å². The van der Waals surface area contributed by atoms with Gasteiger partial charge in [-0.25, -0.2) is 9.97 Å². The van der Waals surface area contributed by atoms with Crippen molar-refractivity contribution >= 4 is 58.8 Å². The van der Waals surface area contributed by atoms with Gasteiger partial charge in [-0.05, 0) is 52.6 Å². The molecular weight excluding hydrogens is 603 g/mol. The Morgan fingerprint density at radius 3 is 1.73 bits per heavy atom. The Labute approximate surface area is 281 Å². The minimum atomic E-state index is 0.954. The van der Waals surface area contributed by atoms with E-state index in [0.717, 1.165) is 33.7 Å². The fraction of sp³-hybridized carbons (Fsp3) is 0. The van der Waals surface area contributed by atoms with E-state index in [-0.39, 0.29) is 0 Å². The average Bonchev–Trinajstić information content (AvgIpc) is 3.77. The molecule has 0 amide bonds. The van der Waals surface area contributed by atoms with Gasteiger partial charge >= 0.3 is 0 Å². The molecule has 6 aromatic carbocycles. The summed E-state index contributed by atoms with van der Waals surface area (Å²) in [4.78, 5) is 9.99. The van der Waals surface area contributed by atoms with Gasteiger partial charge in [0.1, 0.15) is 5.65 Å². The molecule has 0 atom stereocenters. The van der Waals surface area contributed by atoms with Gasteiger partial charge in [0.05, 0.1) is 16.9 Å². The lowest BCUT2D eigenvalue weighted by molar-refractivity contribution is 1.19. The van der Waals surface area contributed by atoms with E-state index in [0.29, 0.717) is 0 Å². The fourth-order valence-corrected chi connectivity index (χ4v) is 8.17. The molecule has 10 rings (SSSR count). The molecule has 4 heterocycles. The molecule has 0 aliphatic carbocycles. The minimum absolute atomic E-state index is 0.954. The van der Waals surface area contributed by atoms with E-state index in [1.54, 1.807) is 0 Å². The Morgan fingerprint density at radius 1 is 0.417 bits per heavy atom. The van der Waals surface area contributed by atoms with Crippen LogP contribution in [0.4, 0.5) is 0 Å². The summed E-state index contributed by atoms with van der Waals surface area (Å²) in [5, 5.41) is 6.32. The maximum atomic E-state index is 5.23. The first-order valence-corrected chi connectivity index (χ1v) is 17.0. The second-order valence-corrected chi connectivity index (χ2v) is 13.3. The molecule has 4 aromatic heterocycles. The average molecular weight is 630 g/mol. The topological polar surface area (TPSA) is 30.2 Å². The van der Waals surface area contributed by atoms with Crippen molar-refractivity contribution in [3.8, 4) is 44.8 Å². The predicted octanol–water partition coefficient (Wildman–Crippen LogP) is 12.1. The standard InChI is InChI=1S/C44H27N3S/c1-3-9-37-34(7-1)42-36(24-25-40-43(42)35-8-2-4-10-39(35)48-40)44(46-37)33-22-18-31(19-23-33)29-14-12-28(13-15-29)30-16-20-32(21-17-30)38-27-47-26-6-5-11-41(47)45-38/h1-27H. The quantitative estimate of drug-likeness (QED) is 0.181. The number of thiophene rings is 1. The van der Waals surface area contributed by atoms with Crippen LogP contribution in [0.2, 0.25) is 0 Å². The molecule has 0 spiro atoms. The number of benzene rings is 6. The Morgan fingerprint density at radius 2 is 1.02 bits per heavy atom. The lowest BCUT2D eigenvalue weighted by atomic mass is 9.95. The zero-order valence-electron chi connectivity index (χ0n) is 25.8. The molecule has 0 N–H and O–H groups in total. The molecule has 0 bridgehead atoms. The highest BCUT2D eigenvalue weighted by Gasteiger charge is 2.16. The summed E-state index contributed by atoms with van der Waals surface area (Å²) in [7, 11) is 0. The number of imidazole rings is 1. The largest absolute Gasteiger partial charge is 0.306 e. The molecule has 0 saturated heterocycles. The molecule has 10 aromatic rings. The Hall–Kier alpha value is -6.10. The molecule has 0 saturated carbocycles. The van der Waals surface area contributed by atoms with Gasteiger partial charge in [0, 0.05) is 59.9 Å². The minimum Gasteiger partial charge on any atom is -0.306 e. The van der Waals surface area contributed by atoms with Gasteiger partial charge in [-0.3, -0.25) is 0 Å². The van der Waals surface area contributed by atoms with Crippen LogP contribution >= 0.6 is 11.3 Å². The third kappa shape index (κ3) is 4.34. The van der Waals surface area contributed by atoms with Crippen molar-refractivity contribution in [1.29, 1.82) is 0 Å². The first-order valence-electron chi connectivity index (χ1n) is 16.1. The predicted molar refractivity (Wildman–Crippen MR) is 203 cm³/mol. The lowest BCUT2D eigenvalue weighted by Crippen LogP contribution is -1.90. The normalized spacial score (nSPS) is 11.8. The van der Waals surface area contributed by atoms with Crippen molar-refractivity contribution in [2.75, 3.05) is 0 Å². The summed E-state index contributed by atoms with van der Waals surface area (Å²) in [5.74, 6) is 0. The maximum Gasteiger partial charge on any atom is 0.137 e. The first-order chi connectivity index (χ1) is 23.8. The van der Waals surface area contributed by atoms with Crippen molar-refractivity contribution in [2.45, 2.75) is 0 Å². The van der Waals surface area contributed by atoms with E-state index >= 15 is 0 Å². The molecule has 48 heavy (non-hydrogen) atoms. The molecular formula is C44H27N3S. The van der Waals surface area contributed by atoms with Crippen molar-refractivity contribution in [1.82, 2.24) is 14.4 Å². The van der Waals surface area contributed by atoms with E-state index in [1.807, 2.05) is 35.7 Å². The van der Waals surface area contributed by atoms with Crippen LogP contribution in [0.5, 0.6) is 0 Å². The van der Waals surface area contributed by atoms with Crippen LogP contribution < -0.4 is 0 Å². The number of nitrogens with zero attached hydrogens (tertiary/aromatic N) is 3. The number of aromatic nitrogens is 3. The van der Waals surface area contributed by atoms with Crippen molar-refractivity contribution < 1.29 is 0 Å². The fourth-order valence-electron chi connectivity index (χ4n) is 7.06. The van der Waals surface area contributed by atoms with E-state index in [9.17, 15) is 0 Å². The van der Waals surface area contributed by atoms with Crippen LogP contribution in [-0.2, 0) is 0 Å². The number of pyridine rings is 2. The van der Waals surface area contributed by atoms with Crippen molar-refractivity contribution in [2.24, 2.45) is 0 Å². The molecule has 0 unspecified atom stereocenters. The summed E-state index contributed by atoms with van der Waals surface area (Å²) in [6.45, 7) is 0. The molecule has 0 fully saturated rings. The van der Waals surface area contributed by atoms with Gasteiger partial charge in [0.25, 0.3) is 0 Å². The zero-order chi connectivity index (χ0) is 31.6. The van der Waals surface area contributed by atoms with Gasteiger partial charge in [-0.15, -0.1) is 11.3 Å². The summed E-state index contributed by atoms with van der Waals surface area (Å²) >= 11 is 1.86. The van der Waals surface area contributed by atoms with E-state index in [4.69, 9.17) is 9.97 Å². The third-order valence-electron chi connectivity index (χ3n) is 9.46. The van der Waals surface area contributed by atoms with Crippen LogP contribution in [0.25, 0.3) is 92.3 Å². The highest BCUT2D eigenvalue weighted by atomic mass is 32.1. The lowest BCUT2D eigenvalue weighted by Gasteiger charge is -2.12. The Bertz CT molecular complexity index is 2770. The number of hydrogen-bond acceptors (Lipinski definition) is 3. The highest BCUT2D eigenvalue weighted by Crippen LogP contribution is 2.43. The van der Waals surface area contributed by atoms with Crippen LogP contribution in [0, 0.1) is 0 Å². The van der Waals surface area contributed by atoms with Gasteiger partial charge in [0.15, 0.2) is 0 Å². The number of para-hydroxylation sites is 1. The summed E-state index contributed by atoms with van der Waals surface area (Å²) in [6, 6.07) is 54.2. The second-order valence-electron chi connectivity index (χ2n) is 12.3. The summed E-state index contributed by atoms with van der Waals surface area (Å²) in [6.07, 6.45) is 4.11. The highest BCUT2D eigenvalue weighted by molar-refractivity contribution is 7.26. The third-order valence-corrected chi connectivity index (χ3v) is 10.6. The summed E-state index contributed by atoms with van der Waals surface area (Å²) < 4.78 is 4.68. The SMILES string of the molecule is c1ccc2c(c1)nc(-c1ccc(-c3ccc(-c4ccc(-c5cn6ccccc6n5)cc4)cc3)cc1)c1ccc3sc4ccccc4c3c12. The van der Waals surface area contributed by atoms with Crippen LogP contribution in [-0.4, -0.2) is 14.4 Å². The number of hydrogen-bond donors (Lipinski definition) is 0. The van der Waals surface area contributed by atoms with Crippen LogP contribution in [0.15, 0.2) is 164 Å². The first kappa shape index (κ1) is 27.1. The Kier molecular flexibility index (Phi) is 6.05. The van der Waals surface area contributed by atoms with Gasteiger partial charge in [-0.2, -0.15) is 0 Å². The molecule has 0 radical (unpaired) electrons. The zero-order valence-corrected chi connectivity index (χ0v) is 26.7. The molecule has 4 heteroatoms. The van der Waals surface area contributed by atoms with E-state index in [1.165, 1.54) is 58.6 Å². The van der Waals surface area contributed by atoms with Gasteiger partial charge in [0.2, 0.25) is 0 Å². The summed E-state index contributed by atoms with van der Waals surface area (Å²) in [5.41, 5.74) is 11.0. The molecule has 0 aliphatic rings. The van der Waals surface area contributed by atoms with Gasteiger partial charge in [-0.1, -0.05) is 121 Å². The van der Waals surface area contributed by atoms with Crippen LogP contribution in [0.1, 0.15) is 0 Å². The van der Waals surface area contributed by atoms with Gasteiger partial charge < -0.3 is 4.40 Å². The second kappa shape index (κ2) is 10.7. The molecule has 0 aliphatic heterocycles. The molecule has 224 valence electrons. The maximum absolute atomic E-state index is 5.23. The molecule has 3 nitrogen and oxygen atoms in total. The van der Waals surface area contributed by atoms with E-state index < -0.39 is 0 Å². The monoisotopic (exact) mass is 629 g/mol. The number of fused-ring (bicyclic) bond motifs is 8.